The van der Waals surface area contributed by atoms with E-state index in [1.807, 2.05) is 125 Å². The number of Topliss-reactive ketones (excluding diaryl/α,β-unsaturated/α-hetero) is 4. The number of ketones is 4. The molecule has 0 aliphatic heterocycles. The van der Waals surface area contributed by atoms with Crippen LogP contribution in [0.15, 0.2) is 131 Å². The van der Waals surface area contributed by atoms with E-state index in [0.29, 0.717) is 107 Å². The second kappa shape index (κ2) is 43.1. The number of nitrogens with zero attached hydrogens (tertiary/aromatic N) is 1. The van der Waals surface area contributed by atoms with E-state index in [0.717, 1.165) is 105 Å². The number of carbonyl (C=O) groups is 9. The molecule has 8 aromatic rings. The fourth-order valence-electron chi connectivity index (χ4n) is 12.6. The lowest BCUT2D eigenvalue weighted by Crippen LogP contribution is -2.43. The number of fused-ring (bicyclic) bond motifs is 4. The van der Waals surface area contributed by atoms with Gasteiger partial charge in [0.1, 0.15) is 29.6 Å². The average Bonchev–Trinajstić information content (AvgIpc) is 1.67. The van der Waals surface area contributed by atoms with E-state index in [4.69, 9.17) is 40.3 Å². The van der Waals surface area contributed by atoms with Crippen molar-refractivity contribution in [1.82, 2.24) is 36.9 Å². The number of furan rings is 2. The van der Waals surface area contributed by atoms with Crippen LogP contribution in [-0.4, -0.2) is 139 Å². The normalized spacial score (nSPS) is 13.8. The Bertz CT molecular complexity index is 4170. The molecule has 0 bridgehead atoms. The Kier molecular flexibility index (Phi) is 35.3. The zero-order valence-electron chi connectivity index (χ0n) is 62.3. The van der Waals surface area contributed by atoms with E-state index in [1.165, 1.54) is 11.8 Å². The number of aryl methyl sites for hydroxylation is 4. The second-order valence-corrected chi connectivity index (χ2v) is 26.9. The summed E-state index contributed by atoms with van der Waals surface area (Å²) in [5, 5.41) is 63.2. The Balaban J connectivity index is 0.000000243. The fourth-order valence-corrected chi connectivity index (χ4v) is 12.6. The molecule has 108 heavy (non-hydrogen) atoms. The van der Waals surface area contributed by atoms with Gasteiger partial charge in [-0.3, -0.25) is 48.7 Å². The maximum Gasteiger partial charge on any atom is 0.388 e. The van der Waals surface area contributed by atoms with Gasteiger partial charge in [0.25, 0.3) is 23.7 Å². The number of carboxylic acids is 2. The highest BCUT2D eigenvalue weighted by Crippen LogP contribution is 2.30. The molecule has 4 aliphatic rings. The molecule has 3 amide bonds. The number of carboxylic acid groups (broad SMARTS) is 2. The molecule has 3 unspecified atom stereocenters. The van der Waals surface area contributed by atoms with Crippen LogP contribution in [0.1, 0.15) is 207 Å². The van der Waals surface area contributed by atoms with Gasteiger partial charge in [0, 0.05) is 112 Å². The van der Waals surface area contributed by atoms with Crippen LogP contribution in [0.25, 0.3) is 0 Å². The smallest absolute Gasteiger partial charge is 0.388 e. The number of aromatic amines is 2. The van der Waals surface area contributed by atoms with Gasteiger partial charge in [-0.1, -0.05) is 62.4 Å². The van der Waals surface area contributed by atoms with Gasteiger partial charge in [0.15, 0.2) is 23.1 Å². The topological polar surface area (TPSA) is 475 Å². The highest BCUT2D eigenvalue weighted by atomic mass is 35.5. The molecule has 0 spiro atoms. The van der Waals surface area contributed by atoms with E-state index < -0.39 is 33.1 Å². The molecular weight excluding hydrogens is 1400 g/mol. The first-order valence-electron chi connectivity index (χ1n) is 35.4. The number of aliphatic carboxylic acids is 1. The lowest BCUT2D eigenvalue weighted by Gasteiger charge is -2.18. The SMILES string of the molecule is CB(O)NC(C)Cc1ccc(N)cc1.CB(O)NC(C)Cc1ccc(NC(=O)c2coc3c2C(=O)CCC3)cc1.CB(O)NN(C)Cc1ccc(NC(=O)c2c[nH]c3c2C(=O)CCC3)cc1.CC(=O)O.CC(N)Cc1ccc(NC(=O)c2c[nH]c3c2C(=O)CCC3)cc1.Cl.N.O=C(O)c1coc2c1C(=O)CCC2. The van der Waals surface area contributed by atoms with Gasteiger partial charge in [0.2, 0.25) is 0 Å². The zero-order chi connectivity index (χ0) is 77.3. The van der Waals surface area contributed by atoms with Crippen molar-refractivity contribution in [2.24, 2.45) is 5.73 Å². The average molecular weight is 1510 g/mol. The minimum absolute atomic E-state index is 0. The molecule has 28 nitrogen and oxygen atoms in total. The predicted octanol–water partition coefficient (Wildman–Crippen LogP) is 10.3. The van der Waals surface area contributed by atoms with Crippen LogP contribution in [0.4, 0.5) is 22.7 Å². The standard InChI is InChI=1S/C19H23BN2O4.C18H23BN4O3.C18H21N3O2.C10H17BN2O.C9H8O4.C2H4O2.ClH.H3N/c1-12(22-20(2)25)10-13-6-8-14(9-7-13)21-19(24)15-11-26-17-5-3-4-16(23)18(15)17;1-19(26)22-23(2)11-12-6-8-13(9-7-12)21-18(25)14-10-20-15-4-3-5-16(24)17(14)15;1-11(19)9-12-5-7-13(8-6-12)21-18(23)14-10-20-15-3-2-4-16(22)17(14)15;1-8(13-11(2)14)7-9-3-5-10(12)6-4-9;10-6-2-1-3-7-8(6)5(4-13-7)9(11)12;1-2(3)4;;/h6-9,11-12,22,25H,3-5,10H2,1-2H3,(H,21,24);6-10,20,22,26H,3-5,11H2,1-2H3,(H,21,25);5-8,10-11,20H,2-4,9,19H2,1H3,(H,21,23);3-6,8,13-14H,7,12H2,1-2H3;4H,1-3H2,(H,11,12);1H3,(H,3,4);1H;1H3. The number of anilines is 4. The van der Waals surface area contributed by atoms with Crippen molar-refractivity contribution >= 4 is 109 Å². The monoisotopic (exact) mass is 1500 g/mol. The van der Waals surface area contributed by atoms with Crippen LogP contribution in [0.5, 0.6) is 0 Å². The molecular formula is C76H100B3ClN12O16. The number of rotatable bonds is 21. The van der Waals surface area contributed by atoms with E-state index in [9.17, 15) is 48.4 Å². The van der Waals surface area contributed by atoms with Gasteiger partial charge in [-0.25, -0.2) is 4.79 Å². The van der Waals surface area contributed by atoms with Crippen LogP contribution in [0.2, 0.25) is 20.5 Å². The summed E-state index contributed by atoms with van der Waals surface area (Å²) in [6, 6.07) is 30.9. The largest absolute Gasteiger partial charge is 0.481 e. The molecule has 4 aromatic heterocycles. The molecule has 0 radical (unpaired) electrons. The summed E-state index contributed by atoms with van der Waals surface area (Å²) < 4.78 is 10.4. The summed E-state index contributed by atoms with van der Waals surface area (Å²) in [5.74, 6) is -1.73. The van der Waals surface area contributed by atoms with Crippen molar-refractivity contribution in [3.8, 4) is 0 Å². The number of amides is 3. The van der Waals surface area contributed by atoms with Crippen LogP contribution < -0.4 is 49.4 Å². The number of carbonyl (C=O) groups excluding carboxylic acids is 7. The Morgan fingerprint density at radius 1 is 0.500 bits per heavy atom. The summed E-state index contributed by atoms with van der Waals surface area (Å²) in [5.41, 5.74) is 23.4. The third kappa shape index (κ3) is 27.3. The van der Waals surface area contributed by atoms with Gasteiger partial charge >= 0.3 is 27.1 Å². The van der Waals surface area contributed by atoms with Gasteiger partial charge in [-0.05, 0) is 168 Å². The van der Waals surface area contributed by atoms with Crippen molar-refractivity contribution in [3.63, 3.8) is 0 Å². The number of nitrogens with one attached hydrogen (secondary N) is 8. The van der Waals surface area contributed by atoms with Gasteiger partial charge in [-0.15, -0.1) is 12.4 Å². The summed E-state index contributed by atoms with van der Waals surface area (Å²) in [6.07, 6.45) is 16.3. The number of nitrogens with two attached hydrogens (primary N) is 2. The fraction of sp³-hybridized carbons (Fsp3) is 0.355. The number of nitrogen functional groups attached to an aromatic ring is 1. The van der Waals surface area contributed by atoms with E-state index in [-0.39, 0.29) is 88.7 Å². The number of hydrazine groups is 1. The summed E-state index contributed by atoms with van der Waals surface area (Å²) in [4.78, 5) is 111. The van der Waals surface area contributed by atoms with Crippen LogP contribution in [-0.2, 0) is 56.3 Å². The van der Waals surface area contributed by atoms with Crippen LogP contribution in [0, 0.1) is 0 Å². The number of H-pyrrole nitrogens is 2. The Morgan fingerprint density at radius 3 is 1.20 bits per heavy atom. The van der Waals surface area contributed by atoms with Crippen molar-refractivity contribution in [1.29, 1.82) is 0 Å². The third-order valence-corrected chi connectivity index (χ3v) is 17.1. The number of aromatic carboxylic acids is 1. The molecule has 12 rings (SSSR count). The summed E-state index contributed by atoms with van der Waals surface area (Å²) >= 11 is 0. The summed E-state index contributed by atoms with van der Waals surface area (Å²) in [7, 11) is 0.216. The molecule has 4 aromatic carbocycles. The molecule has 4 heterocycles. The van der Waals surface area contributed by atoms with Crippen molar-refractivity contribution in [3.05, 3.63) is 212 Å². The van der Waals surface area contributed by atoms with Gasteiger partial charge in [0.05, 0.1) is 38.9 Å². The number of hydrogen-bond acceptors (Lipinski definition) is 21. The number of aromatic nitrogens is 2. The number of benzene rings is 4. The lowest BCUT2D eigenvalue weighted by atomic mass is 9.86. The van der Waals surface area contributed by atoms with Crippen molar-refractivity contribution in [2.75, 3.05) is 28.7 Å². The maximum atomic E-state index is 12.5. The zero-order valence-corrected chi connectivity index (χ0v) is 63.1. The highest BCUT2D eigenvalue weighted by molar-refractivity contribution is 6.46. The van der Waals surface area contributed by atoms with Crippen molar-refractivity contribution < 1.29 is 77.3 Å². The minimum atomic E-state index is -1.10. The van der Waals surface area contributed by atoms with Gasteiger partial charge in [-0.2, -0.15) is 0 Å². The molecule has 0 saturated carbocycles. The van der Waals surface area contributed by atoms with Gasteiger partial charge < -0.3 is 88.1 Å². The van der Waals surface area contributed by atoms with E-state index in [2.05, 4.69) is 41.7 Å². The number of hydrogen-bond donors (Lipinski definition) is 16. The third-order valence-electron chi connectivity index (χ3n) is 17.1. The van der Waals surface area contributed by atoms with Crippen LogP contribution >= 0.6 is 12.4 Å². The minimum Gasteiger partial charge on any atom is -0.481 e. The Morgan fingerprint density at radius 2 is 0.833 bits per heavy atom. The number of halogens is 1. The van der Waals surface area contributed by atoms with E-state index >= 15 is 0 Å². The maximum absolute atomic E-state index is 12.5. The van der Waals surface area contributed by atoms with Crippen molar-refractivity contribution in [2.45, 2.75) is 169 Å². The molecule has 4 aliphatic carbocycles. The Hall–Kier alpha value is -10.0. The summed E-state index contributed by atoms with van der Waals surface area (Å²) in [6.45, 7) is 12.8. The van der Waals surface area contributed by atoms with E-state index in [1.54, 1.807) is 37.9 Å². The first kappa shape index (κ1) is 88.6. The predicted molar refractivity (Wildman–Crippen MR) is 421 cm³/mol. The molecule has 32 heteroatoms. The molecule has 20 N–H and O–H groups in total. The first-order chi connectivity index (χ1) is 50.4. The molecule has 0 fully saturated rings. The van der Waals surface area contributed by atoms with Crippen LogP contribution in [0.3, 0.4) is 0 Å². The first-order valence-corrected chi connectivity index (χ1v) is 35.4. The molecule has 3 atom stereocenters. The highest BCUT2D eigenvalue weighted by Gasteiger charge is 2.31. The lowest BCUT2D eigenvalue weighted by molar-refractivity contribution is -0.134. The second-order valence-electron chi connectivity index (χ2n) is 26.9. The molecule has 576 valence electrons. The molecule has 0 saturated heterocycles. The Labute approximate surface area is 635 Å². The quantitative estimate of drug-likeness (QED) is 0.0180.